The van der Waals surface area contributed by atoms with Crippen LogP contribution in [0.1, 0.15) is 25.0 Å². The zero-order valence-corrected chi connectivity index (χ0v) is 34.9. The minimum Gasteiger partial charge on any atom is -0.309 e. The molecule has 0 N–H and O–H groups in total. The summed E-state index contributed by atoms with van der Waals surface area (Å²) >= 11 is 3.67. The zero-order valence-electron chi connectivity index (χ0n) is 33.3. The number of hydrogen-bond acceptors (Lipinski definition) is 0. The Balaban J connectivity index is 1.06. The van der Waals surface area contributed by atoms with Crippen molar-refractivity contribution in [2.45, 2.75) is 19.3 Å². The standard InChI is InChI=1S/C57H39BrN2/c1-57(2)51-17-9-6-14-45(51)46-29-26-44(35-52(46)57)60-54-19-11-8-16-48(54)50-28-23-38(34-56(50)60)41-31-39(36-20-24-42(58)25-21-36)30-40(32-41)37-22-27-49-47-15-7-10-18-53(47)59(55(49)33-37)43-12-4-3-5-13-43/h3-35H,1-2H3. The van der Waals surface area contributed by atoms with E-state index in [1.165, 1.54) is 105 Å². The number of rotatable bonds is 5. The lowest BCUT2D eigenvalue weighted by Crippen LogP contribution is -2.15. The summed E-state index contributed by atoms with van der Waals surface area (Å²) in [6.07, 6.45) is 0. The van der Waals surface area contributed by atoms with Crippen LogP contribution in [0.4, 0.5) is 0 Å². The number of nitrogens with zero attached hydrogens (tertiary/aromatic N) is 2. The second-order valence-electron chi connectivity index (χ2n) is 16.7. The van der Waals surface area contributed by atoms with Crippen LogP contribution < -0.4 is 0 Å². The molecule has 2 aromatic heterocycles. The Morgan fingerprint density at radius 2 is 0.817 bits per heavy atom. The number of hydrogen-bond donors (Lipinski definition) is 0. The van der Waals surface area contributed by atoms with Gasteiger partial charge in [0, 0.05) is 42.8 Å². The third-order valence-electron chi connectivity index (χ3n) is 13.0. The quantitative estimate of drug-likeness (QED) is 0.164. The molecule has 0 radical (unpaired) electrons. The van der Waals surface area contributed by atoms with Crippen molar-refractivity contribution in [3.8, 4) is 55.9 Å². The number of aromatic nitrogens is 2. The van der Waals surface area contributed by atoms with E-state index in [1.54, 1.807) is 0 Å². The van der Waals surface area contributed by atoms with Crippen LogP contribution in [0.3, 0.4) is 0 Å². The van der Waals surface area contributed by atoms with E-state index in [-0.39, 0.29) is 5.41 Å². The lowest BCUT2D eigenvalue weighted by Gasteiger charge is -2.22. The van der Waals surface area contributed by atoms with E-state index in [4.69, 9.17) is 0 Å². The Morgan fingerprint density at radius 1 is 0.333 bits per heavy atom. The van der Waals surface area contributed by atoms with Crippen LogP contribution in [0, 0.1) is 0 Å². The van der Waals surface area contributed by atoms with Gasteiger partial charge in [-0.25, -0.2) is 0 Å². The monoisotopic (exact) mass is 830 g/mol. The fourth-order valence-electron chi connectivity index (χ4n) is 10.0. The van der Waals surface area contributed by atoms with Crippen LogP contribution in [0.25, 0.3) is 99.5 Å². The maximum absolute atomic E-state index is 3.67. The Morgan fingerprint density at radius 3 is 1.45 bits per heavy atom. The molecule has 0 atom stereocenters. The topological polar surface area (TPSA) is 9.86 Å². The minimum absolute atomic E-state index is 0.0891. The van der Waals surface area contributed by atoms with Gasteiger partial charge in [-0.05, 0) is 134 Å². The molecule has 284 valence electrons. The first-order chi connectivity index (χ1) is 29.4. The highest BCUT2D eigenvalue weighted by atomic mass is 79.9. The van der Waals surface area contributed by atoms with Crippen LogP contribution in [0.5, 0.6) is 0 Å². The van der Waals surface area contributed by atoms with Gasteiger partial charge in [-0.1, -0.05) is 151 Å². The SMILES string of the molecule is CC1(C)c2ccccc2-c2ccc(-n3c4ccccc4c4ccc(-c5cc(-c6ccc(Br)cc6)cc(-c6ccc7c8ccccc8n(-c8ccccc8)c7c6)c5)cc43)cc21. The van der Waals surface area contributed by atoms with Gasteiger partial charge in [0.25, 0.3) is 0 Å². The Bertz CT molecular complexity index is 3510. The molecule has 12 rings (SSSR count). The van der Waals surface area contributed by atoms with Crippen LogP contribution in [0.2, 0.25) is 0 Å². The molecule has 0 spiro atoms. The summed E-state index contributed by atoms with van der Waals surface area (Å²) in [5.41, 5.74) is 19.6. The Labute approximate surface area is 357 Å². The van der Waals surface area contributed by atoms with Crippen molar-refractivity contribution in [1.82, 2.24) is 9.13 Å². The first-order valence-electron chi connectivity index (χ1n) is 20.7. The maximum atomic E-state index is 3.67. The van der Waals surface area contributed by atoms with Crippen molar-refractivity contribution < 1.29 is 0 Å². The normalized spacial score (nSPS) is 13.1. The summed E-state index contributed by atoms with van der Waals surface area (Å²) < 4.78 is 5.95. The molecule has 3 heteroatoms. The largest absolute Gasteiger partial charge is 0.309 e. The molecule has 0 bridgehead atoms. The van der Waals surface area contributed by atoms with Gasteiger partial charge in [0.2, 0.25) is 0 Å². The highest BCUT2D eigenvalue weighted by molar-refractivity contribution is 9.10. The van der Waals surface area contributed by atoms with E-state index >= 15 is 0 Å². The van der Waals surface area contributed by atoms with Gasteiger partial charge in [0.15, 0.2) is 0 Å². The Hall–Kier alpha value is -6.94. The molecule has 0 fully saturated rings. The van der Waals surface area contributed by atoms with Gasteiger partial charge >= 0.3 is 0 Å². The first kappa shape index (κ1) is 35.0. The van der Waals surface area contributed by atoms with Gasteiger partial charge < -0.3 is 9.13 Å². The predicted molar refractivity (Wildman–Crippen MR) is 257 cm³/mol. The van der Waals surface area contributed by atoms with E-state index in [1.807, 2.05) is 0 Å². The summed E-state index contributed by atoms with van der Waals surface area (Å²) in [7, 11) is 0. The molecule has 60 heavy (non-hydrogen) atoms. The molecule has 0 saturated heterocycles. The van der Waals surface area contributed by atoms with E-state index < -0.39 is 0 Å². The fraction of sp³-hybridized carbons (Fsp3) is 0.0526. The van der Waals surface area contributed by atoms with E-state index in [9.17, 15) is 0 Å². The van der Waals surface area contributed by atoms with E-state index in [2.05, 4.69) is 239 Å². The smallest absolute Gasteiger partial charge is 0.0547 e. The van der Waals surface area contributed by atoms with Crippen LogP contribution in [0.15, 0.2) is 205 Å². The van der Waals surface area contributed by atoms with Gasteiger partial charge in [0.05, 0.1) is 22.1 Å². The summed E-state index contributed by atoms with van der Waals surface area (Å²) in [4.78, 5) is 0. The lowest BCUT2D eigenvalue weighted by atomic mass is 9.82. The summed E-state index contributed by atoms with van der Waals surface area (Å²) in [5, 5.41) is 5.02. The second kappa shape index (κ2) is 13.3. The number of halogens is 1. The Kier molecular flexibility index (Phi) is 7.76. The first-order valence-corrected chi connectivity index (χ1v) is 21.5. The number of benzene rings is 9. The van der Waals surface area contributed by atoms with Crippen molar-refractivity contribution in [1.29, 1.82) is 0 Å². The molecule has 2 nitrogen and oxygen atoms in total. The average molecular weight is 832 g/mol. The maximum Gasteiger partial charge on any atom is 0.0547 e. The predicted octanol–water partition coefficient (Wildman–Crippen LogP) is 16.0. The van der Waals surface area contributed by atoms with Crippen LogP contribution in [-0.4, -0.2) is 9.13 Å². The lowest BCUT2D eigenvalue weighted by molar-refractivity contribution is 0.660. The van der Waals surface area contributed by atoms with Crippen molar-refractivity contribution in [2.24, 2.45) is 0 Å². The molecular weight excluding hydrogens is 793 g/mol. The van der Waals surface area contributed by atoms with E-state index in [0.29, 0.717) is 0 Å². The highest BCUT2D eigenvalue weighted by Crippen LogP contribution is 2.50. The minimum atomic E-state index is -0.0891. The molecule has 0 amide bonds. The van der Waals surface area contributed by atoms with Gasteiger partial charge in [-0.15, -0.1) is 0 Å². The molecule has 11 aromatic rings. The molecule has 0 saturated carbocycles. The van der Waals surface area contributed by atoms with Gasteiger partial charge in [0.1, 0.15) is 0 Å². The molecule has 2 heterocycles. The van der Waals surface area contributed by atoms with Crippen molar-refractivity contribution in [3.05, 3.63) is 216 Å². The van der Waals surface area contributed by atoms with Crippen molar-refractivity contribution in [3.63, 3.8) is 0 Å². The molecular formula is C57H39BrN2. The van der Waals surface area contributed by atoms with Gasteiger partial charge in [-0.3, -0.25) is 0 Å². The number of para-hydroxylation sites is 3. The third-order valence-corrected chi connectivity index (χ3v) is 13.5. The van der Waals surface area contributed by atoms with Crippen LogP contribution >= 0.6 is 15.9 Å². The molecule has 0 unspecified atom stereocenters. The highest BCUT2D eigenvalue weighted by Gasteiger charge is 2.35. The van der Waals surface area contributed by atoms with E-state index in [0.717, 1.165) is 10.2 Å². The van der Waals surface area contributed by atoms with Crippen LogP contribution in [-0.2, 0) is 5.41 Å². The fourth-order valence-corrected chi connectivity index (χ4v) is 10.3. The van der Waals surface area contributed by atoms with Crippen molar-refractivity contribution >= 4 is 59.5 Å². The summed E-state index contributed by atoms with van der Waals surface area (Å²) in [6.45, 7) is 4.72. The molecule has 0 aliphatic heterocycles. The average Bonchev–Trinajstić information content (AvgIpc) is 3.89. The van der Waals surface area contributed by atoms with Crippen molar-refractivity contribution in [2.75, 3.05) is 0 Å². The summed E-state index contributed by atoms with van der Waals surface area (Å²) in [5.74, 6) is 0. The molecule has 1 aliphatic carbocycles. The zero-order chi connectivity index (χ0) is 40.1. The molecule has 1 aliphatic rings. The molecule has 9 aromatic carbocycles. The second-order valence-corrected chi connectivity index (χ2v) is 17.6. The number of fused-ring (bicyclic) bond motifs is 9. The van der Waals surface area contributed by atoms with Gasteiger partial charge in [-0.2, -0.15) is 0 Å². The third kappa shape index (κ3) is 5.32. The summed E-state index contributed by atoms with van der Waals surface area (Å²) in [6, 6.07) is 74.1.